The van der Waals surface area contributed by atoms with E-state index in [4.69, 9.17) is 4.74 Å². The Balaban J connectivity index is 2.03. The fourth-order valence-electron chi connectivity index (χ4n) is 2.59. The fourth-order valence-corrected chi connectivity index (χ4v) is 2.59. The van der Waals surface area contributed by atoms with Crippen molar-refractivity contribution in [1.82, 2.24) is 4.98 Å². The molecule has 0 fully saturated rings. The molecule has 0 amide bonds. The molecule has 4 nitrogen and oxygen atoms in total. The SMILES string of the molecule is Cc1cc(-c2ccc(F)cc2OCc2ccc(F)cc2)c(C#N)c(=O)[nH]1. The molecule has 1 aromatic heterocycles. The van der Waals surface area contributed by atoms with Crippen LogP contribution < -0.4 is 10.3 Å². The summed E-state index contributed by atoms with van der Waals surface area (Å²) in [7, 11) is 0. The third kappa shape index (κ3) is 3.62. The number of aromatic amines is 1. The first-order valence-electron chi connectivity index (χ1n) is 7.79. The standard InChI is InChI=1S/C20H14F2N2O2/c1-12-8-17(18(10-23)20(25)24-12)16-7-6-15(22)9-19(16)26-11-13-2-4-14(21)5-3-13/h2-9H,11H2,1H3,(H,24,25). The zero-order valence-corrected chi connectivity index (χ0v) is 13.8. The van der Waals surface area contributed by atoms with Crippen LogP contribution in [0, 0.1) is 29.9 Å². The minimum Gasteiger partial charge on any atom is -0.488 e. The van der Waals surface area contributed by atoms with Crippen LogP contribution in [0.1, 0.15) is 16.8 Å². The molecule has 0 saturated heterocycles. The number of ether oxygens (including phenoxy) is 1. The molecule has 26 heavy (non-hydrogen) atoms. The molecule has 3 rings (SSSR count). The van der Waals surface area contributed by atoms with Crippen LogP contribution >= 0.6 is 0 Å². The van der Waals surface area contributed by atoms with Gasteiger partial charge in [-0.05, 0) is 42.8 Å². The van der Waals surface area contributed by atoms with E-state index in [1.165, 1.54) is 30.3 Å². The third-order valence-corrected chi connectivity index (χ3v) is 3.82. The van der Waals surface area contributed by atoms with Crippen LogP contribution in [-0.2, 0) is 6.61 Å². The normalized spacial score (nSPS) is 10.4. The number of nitriles is 1. The highest BCUT2D eigenvalue weighted by molar-refractivity contribution is 5.75. The highest BCUT2D eigenvalue weighted by Gasteiger charge is 2.15. The number of hydrogen-bond donors (Lipinski definition) is 1. The number of aromatic nitrogens is 1. The molecule has 2 aromatic carbocycles. The van der Waals surface area contributed by atoms with E-state index in [1.54, 1.807) is 25.1 Å². The fraction of sp³-hybridized carbons (Fsp3) is 0.100. The first-order valence-corrected chi connectivity index (χ1v) is 7.79. The number of benzene rings is 2. The molecule has 1 heterocycles. The summed E-state index contributed by atoms with van der Waals surface area (Å²) in [5.41, 5.74) is 1.47. The van der Waals surface area contributed by atoms with Crippen molar-refractivity contribution in [1.29, 1.82) is 5.26 Å². The Hall–Kier alpha value is -3.46. The first kappa shape index (κ1) is 17.4. The van der Waals surface area contributed by atoms with Crippen molar-refractivity contribution in [2.75, 3.05) is 0 Å². The van der Waals surface area contributed by atoms with Gasteiger partial charge >= 0.3 is 0 Å². The summed E-state index contributed by atoms with van der Waals surface area (Å²) in [6.45, 7) is 1.77. The Labute approximate surface area is 148 Å². The van der Waals surface area contributed by atoms with Gasteiger partial charge in [-0.1, -0.05) is 12.1 Å². The number of nitrogens with zero attached hydrogens (tertiary/aromatic N) is 1. The molecular formula is C20H14F2N2O2. The minimum atomic E-state index is -0.517. The van der Waals surface area contributed by atoms with Crippen molar-refractivity contribution in [2.45, 2.75) is 13.5 Å². The number of H-pyrrole nitrogens is 1. The number of nitrogens with one attached hydrogen (secondary N) is 1. The lowest BCUT2D eigenvalue weighted by Crippen LogP contribution is -2.13. The molecule has 0 atom stereocenters. The van der Waals surface area contributed by atoms with Gasteiger partial charge in [-0.15, -0.1) is 0 Å². The maximum atomic E-state index is 13.7. The van der Waals surface area contributed by atoms with Gasteiger partial charge in [0.15, 0.2) is 0 Å². The van der Waals surface area contributed by atoms with Crippen molar-refractivity contribution in [2.24, 2.45) is 0 Å². The molecule has 130 valence electrons. The number of halogens is 2. The molecule has 0 bridgehead atoms. The molecule has 0 aliphatic carbocycles. The van der Waals surface area contributed by atoms with Crippen molar-refractivity contribution in [3.63, 3.8) is 0 Å². The lowest BCUT2D eigenvalue weighted by Gasteiger charge is -2.13. The smallest absolute Gasteiger partial charge is 0.266 e. The maximum Gasteiger partial charge on any atom is 0.266 e. The first-order chi connectivity index (χ1) is 12.5. The zero-order chi connectivity index (χ0) is 18.7. The van der Waals surface area contributed by atoms with E-state index >= 15 is 0 Å². The summed E-state index contributed by atoms with van der Waals surface area (Å²) in [6.07, 6.45) is 0. The molecule has 1 N–H and O–H groups in total. The lowest BCUT2D eigenvalue weighted by molar-refractivity contribution is 0.306. The molecule has 0 aliphatic rings. The van der Waals surface area contributed by atoms with Crippen molar-refractivity contribution < 1.29 is 13.5 Å². The van der Waals surface area contributed by atoms with Gasteiger partial charge in [-0.2, -0.15) is 5.26 Å². The highest BCUT2D eigenvalue weighted by Crippen LogP contribution is 2.32. The molecule has 0 unspecified atom stereocenters. The van der Waals surface area contributed by atoms with Crippen molar-refractivity contribution in [3.05, 3.63) is 87.3 Å². The van der Waals surface area contributed by atoms with Gasteiger partial charge in [0.25, 0.3) is 5.56 Å². The van der Waals surface area contributed by atoms with Crippen LogP contribution in [0.2, 0.25) is 0 Å². The number of hydrogen-bond acceptors (Lipinski definition) is 3. The number of pyridine rings is 1. The van der Waals surface area contributed by atoms with Gasteiger partial charge in [-0.25, -0.2) is 8.78 Å². The largest absolute Gasteiger partial charge is 0.488 e. The summed E-state index contributed by atoms with van der Waals surface area (Å²) >= 11 is 0. The van der Waals surface area contributed by atoms with E-state index in [2.05, 4.69) is 4.98 Å². The molecule has 3 aromatic rings. The zero-order valence-electron chi connectivity index (χ0n) is 13.8. The predicted octanol–water partition coefficient (Wildman–Crippen LogP) is 4.08. The van der Waals surface area contributed by atoms with Crippen molar-refractivity contribution in [3.8, 4) is 22.9 Å². The molecule has 0 aliphatic heterocycles. The molecule has 0 radical (unpaired) electrons. The van der Waals surface area contributed by atoms with Gasteiger partial charge < -0.3 is 9.72 Å². The summed E-state index contributed by atoms with van der Waals surface area (Å²) in [6, 6.07) is 13.1. The number of aryl methyl sites for hydroxylation is 1. The van der Waals surface area contributed by atoms with Gasteiger partial charge in [0.05, 0.1) is 0 Å². The van der Waals surface area contributed by atoms with Crippen LogP contribution in [0.15, 0.2) is 53.3 Å². The summed E-state index contributed by atoms with van der Waals surface area (Å²) in [4.78, 5) is 14.6. The van der Waals surface area contributed by atoms with E-state index in [-0.39, 0.29) is 23.7 Å². The average molecular weight is 352 g/mol. The van der Waals surface area contributed by atoms with E-state index < -0.39 is 11.4 Å². The Morgan fingerprint density at radius 2 is 1.73 bits per heavy atom. The second-order valence-electron chi connectivity index (χ2n) is 5.74. The van der Waals surface area contributed by atoms with E-state index in [0.29, 0.717) is 22.4 Å². The maximum absolute atomic E-state index is 13.7. The average Bonchev–Trinajstić information content (AvgIpc) is 2.61. The minimum absolute atomic E-state index is 0.0751. The van der Waals surface area contributed by atoms with Crippen molar-refractivity contribution >= 4 is 0 Å². The molecule has 0 saturated carbocycles. The van der Waals surface area contributed by atoms with E-state index in [1.807, 2.05) is 6.07 Å². The second kappa shape index (κ2) is 7.19. The Morgan fingerprint density at radius 1 is 1.04 bits per heavy atom. The number of rotatable bonds is 4. The molecule has 0 spiro atoms. The van der Waals surface area contributed by atoms with E-state index in [9.17, 15) is 18.8 Å². The van der Waals surface area contributed by atoms with Crippen LogP contribution in [0.5, 0.6) is 5.75 Å². The van der Waals surface area contributed by atoms with E-state index in [0.717, 1.165) is 0 Å². The Bertz CT molecular complexity index is 1050. The third-order valence-electron chi connectivity index (χ3n) is 3.82. The summed E-state index contributed by atoms with van der Waals surface area (Å²) in [5, 5.41) is 9.31. The second-order valence-corrected chi connectivity index (χ2v) is 5.74. The van der Waals surface area contributed by atoms with Gasteiger partial charge in [0, 0.05) is 22.9 Å². The van der Waals surface area contributed by atoms with Gasteiger partial charge in [0.1, 0.15) is 35.6 Å². The monoisotopic (exact) mass is 352 g/mol. The quantitative estimate of drug-likeness (QED) is 0.769. The lowest BCUT2D eigenvalue weighted by atomic mass is 10.00. The molecular weight excluding hydrogens is 338 g/mol. The Morgan fingerprint density at radius 3 is 2.42 bits per heavy atom. The van der Waals surface area contributed by atoms with Gasteiger partial charge in [-0.3, -0.25) is 4.79 Å². The highest BCUT2D eigenvalue weighted by atomic mass is 19.1. The van der Waals surface area contributed by atoms with Crippen LogP contribution in [-0.4, -0.2) is 4.98 Å². The van der Waals surface area contributed by atoms with Crippen LogP contribution in [0.25, 0.3) is 11.1 Å². The Kier molecular flexibility index (Phi) is 4.81. The summed E-state index contributed by atoms with van der Waals surface area (Å²) < 4.78 is 32.4. The topological polar surface area (TPSA) is 65.9 Å². The van der Waals surface area contributed by atoms with Crippen LogP contribution in [0.4, 0.5) is 8.78 Å². The predicted molar refractivity (Wildman–Crippen MR) is 92.6 cm³/mol. The molecule has 6 heteroatoms. The van der Waals surface area contributed by atoms with Gasteiger partial charge in [0.2, 0.25) is 0 Å². The van der Waals surface area contributed by atoms with Crippen LogP contribution in [0.3, 0.4) is 0 Å². The summed E-state index contributed by atoms with van der Waals surface area (Å²) in [5.74, 6) is -0.684.